The Morgan fingerprint density at radius 1 is 1.26 bits per heavy atom. The van der Waals surface area contributed by atoms with Crippen molar-refractivity contribution in [3.63, 3.8) is 0 Å². The minimum atomic E-state index is -1.18. The number of amides is 1. The summed E-state index contributed by atoms with van der Waals surface area (Å²) < 4.78 is 1.57. The summed E-state index contributed by atoms with van der Waals surface area (Å²) in [6.07, 6.45) is 2.69. The molecule has 142 valence electrons. The molecule has 9 heteroatoms. The molecule has 2 aromatic heterocycles. The number of nitrogens with zero attached hydrogens (tertiary/aromatic N) is 2. The first kappa shape index (κ1) is 20.2. The van der Waals surface area contributed by atoms with Gasteiger partial charge in [-0.3, -0.25) is 19.5 Å². The summed E-state index contributed by atoms with van der Waals surface area (Å²) in [7, 11) is 0. The first-order valence-corrected chi connectivity index (χ1v) is 8.13. The number of rotatable bonds is 6. The molecule has 3 N–H and O–H groups in total. The maximum atomic E-state index is 12.5. The van der Waals surface area contributed by atoms with Crippen molar-refractivity contribution in [2.75, 3.05) is 0 Å². The van der Waals surface area contributed by atoms with E-state index in [2.05, 4.69) is 15.4 Å². The normalized spacial score (nSPS) is 11.6. The second-order valence-corrected chi connectivity index (χ2v) is 5.94. The maximum Gasteiger partial charge on any atom is 0.325 e. The number of hydrogen-bond acceptors (Lipinski definition) is 4. The fourth-order valence-electron chi connectivity index (χ4n) is 2.71. The highest BCUT2D eigenvalue weighted by molar-refractivity contribution is 6.01. The van der Waals surface area contributed by atoms with Gasteiger partial charge >= 0.3 is 5.97 Å². The van der Waals surface area contributed by atoms with E-state index in [0.29, 0.717) is 12.1 Å². The molecule has 2 heterocycles. The number of benzene rings is 1. The average Bonchev–Trinajstić information content (AvgIpc) is 3.09. The molecule has 3 rings (SSSR count). The summed E-state index contributed by atoms with van der Waals surface area (Å²) in [5.41, 5.74) is 1.33. The highest BCUT2D eigenvalue weighted by Crippen LogP contribution is 2.10. The van der Waals surface area contributed by atoms with Crippen molar-refractivity contribution >= 4 is 29.9 Å². The molecule has 0 bridgehead atoms. The molecule has 27 heavy (non-hydrogen) atoms. The molecular weight excluding hydrogens is 372 g/mol. The van der Waals surface area contributed by atoms with Crippen LogP contribution in [0.4, 0.5) is 0 Å². The van der Waals surface area contributed by atoms with Crippen molar-refractivity contribution in [3.8, 4) is 0 Å². The number of aromatic amines is 1. The fraction of sp³-hybridized carbons (Fsp3) is 0.222. The minimum Gasteiger partial charge on any atom is -0.480 e. The van der Waals surface area contributed by atoms with Gasteiger partial charge in [0, 0.05) is 11.8 Å². The van der Waals surface area contributed by atoms with Crippen LogP contribution in [-0.2, 0) is 17.6 Å². The van der Waals surface area contributed by atoms with E-state index in [9.17, 15) is 14.4 Å². The smallest absolute Gasteiger partial charge is 0.325 e. The Balaban J connectivity index is 0.00000261. The number of halogens is 1. The number of carboxylic acid groups (broad SMARTS) is 1. The third-order valence-electron chi connectivity index (χ3n) is 4.10. The van der Waals surface area contributed by atoms with E-state index in [1.165, 1.54) is 19.3 Å². The third-order valence-corrected chi connectivity index (χ3v) is 4.10. The lowest BCUT2D eigenvalue weighted by atomic mass is 10.1. The first-order chi connectivity index (χ1) is 12.5. The Kier molecular flexibility index (Phi) is 6.36. The van der Waals surface area contributed by atoms with Gasteiger partial charge in [-0.15, -0.1) is 12.4 Å². The molecule has 0 aliphatic rings. The molecule has 3 aromatic rings. The maximum absolute atomic E-state index is 12.5. The SMILES string of the molecule is C[C@@H](NC(=O)c1c(=O)cc(CCc2ccccc2)n2[nH]cnc12)C(=O)O.Cl. The molecular formula is C18H19ClN4O4. The number of nitrogens with one attached hydrogen (secondary N) is 2. The Labute approximate surface area is 160 Å². The zero-order chi connectivity index (χ0) is 18.7. The van der Waals surface area contributed by atoms with Crippen molar-refractivity contribution in [2.24, 2.45) is 0 Å². The Morgan fingerprint density at radius 3 is 2.63 bits per heavy atom. The number of hydrogen-bond donors (Lipinski definition) is 3. The summed E-state index contributed by atoms with van der Waals surface area (Å²) >= 11 is 0. The molecule has 0 radical (unpaired) electrons. The molecule has 1 atom stereocenters. The number of carbonyl (C=O) groups excluding carboxylic acids is 1. The summed E-state index contributed by atoms with van der Waals surface area (Å²) in [5.74, 6) is -1.94. The van der Waals surface area contributed by atoms with Crippen LogP contribution in [0.15, 0.2) is 47.5 Å². The van der Waals surface area contributed by atoms with Gasteiger partial charge in [-0.2, -0.15) is 0 Å². The minimum absolute atomic E-state index is 0. The lowest BCUT2D eigenvalue weighted by Gasteiger charge is -2.11. The van der Waals surface area contributed by atoms with Crippen molar-refractivity contribution in [1.82, 2.24) is 19.9 Å². The first-order valence-electron chi connectivity index (χ1n) is 8.13. The van der Waals surface area contributed by atoms with Crippen LogP contribution in [0.2, 0.25) is 0 Å². The molecule has 0 fully saturated rings. The number of carbonyl (C=O) groups is 2. The van der Waals surface area contributed by atoms with Crippen molar-refractivity contribution < 1.29 is 14.7 Å². The van der Waals surface area contributed by atoms with Gasteiger partial charge in [0.25, 0.3) is 5.91 Å². The van der Waals surface area contributed by atoms with Crippen molar-refractivity contribution in [2.45, 2.75) is 25.8 Å². The van der Waals surface area contributed by atoms with Gasteiger partial charge < -0.3 is 10.4 Å². The van der Waals surface area contributed by atoms with Crippen LogP contribution in [0.5, 0.6) is 0 Å². The van der Waals surface area contributed by atoms with Crippen LogP contribution < -0.4 is 10.7 Å². The molecule has 8 nitrogen and oxygen atoms in total. The van der Waals surface area contributed by atoms with Crippen LogP contribution in [0.25, 0.3) is 5.65 Å². The van der Waals surface area contributed by atoms with Gasteiger partial charge in [0.2, 0.25) is 0 Å². The summed E-state index contributed by atoms with van der Waals surface area (Å²) in [5, 5.41) is 14.1. The van der Waals surface area contributed by atoms with Gasteiger partial charge in [0.15, 0.2) is 11.1 Å². The monoisotopic (exact) mass is 390 g/mol. The highest BCUT2D eigenvalue weighted by atomic mass is 35.5. The molecule has 0 aliphatic carbocycles. The van der Waals surface area contributed by atoms with E-state index >= 15 is 0 Å². The van der Waals surface area contributed by atoms with Crippen LogP contribution in [0.1, 0.15) is 28.5 Å². The summed E-state index contributed by atoms with van der Waals surface area (Å²) in [4.78, 5) is 39.8. The number of aryl methyl sites for hydroxylation is 2. The quantitative estimate of drug-likeness (QED) is 0.588. The Hall–Kier alpha value is -3.13. The predicted octanol–water partition coefficient (Wildman–Crippen LogP) is 1.43. The summed E-state index contributed by atoms with van der Waals surface area (Å²) in [6.45, 7) is 1.33. The van der Waals surface area contributed by atoms with E-state index in [4.69, 9.17) is 5.11 Å². The van der Waals surface area contributed by atoms with E-state index < -0.39 is 23.3 Å². The van der Waals surface area contributed by atoms with Crippen LogP contribution in [-0.4, -0.2) is 37.6 Å². The molecule has 0 unspecified atom stereocenters. The van der Waals surface area contributed by atoms with E-state index in [0.717, 1.165) is 12.0 Å². The second kappa shape index (κ2) is 8.50. The lowest BCUT2D eigenvalue weighted by Crippen LogP contribution is -2.40. The standard InChI is InChI=1S/C18H18N4O4.ClH/c1-11(18(25)26)21-17(24)15-14(23)9-13(22-16(15)19-10-20-22)8-7-12-5-3-2-4-6-12;/h2-6,9-11H,7-8H2,1H3,(H,19,20)(H,21,24)(H,25,26);1H/t11-;/m1./s1. The zero-order valence-corrected chi connectivity index (χ0v) is 15.3. The largest absolute Gasteiger partial charge is 0.480 e. The number of fused-ring (bicyclic) bond motifs is 1. The predicted molar refractivity (Wildman–Crippen MR) is 101 cm³/mol. The summed E-state index contributed by atoms with van der Waals surface area (Å²) in [6, 6.07) is 10.1. The van der Waals surface area contributed by atoms with E-state index in [-0.39, 0.29) is 23.6 Å². The Morgan fingerprint density at radius 2 is 1.96 bits per heavy atom. The van der Waals surface area contributed by atoms with E-state index in [1.807, 2.05) is 30.3 Å². The highest BCUT2D eigenvalue weighted by Gasteiger charge is 2.22. The number of carboxylic acids is 1. The zero-order valence-electron chi connectivity index (χ0n) is 14.5. The number of pyridine rings is 1. The van der Waals surface area contributed by atoms with Crippen molar-refractivity contribution in [1.29, 1.82) is 0 Å². The van der Waals surface area contributed by atoms with Gasteiger partial charge in [0.05, 0.1) is 0 Å². The van der Waals surface area contributed by atoms with Gasteiger partial charge in [-0.25, -0.2) is 9.50 Å². The number of H-pyrrole nitrogens is 1. The second-order valence-electron chi connectivity index (χ2n) is 5.94. The van der Waals surface area contributed by atoms with Crippen LogP contribution in [0, 0.1) is 0 Å². The molecule has 1 amide bonds. The molecule has 0 spiro atoms. The molecule has 1 aromatic carbocycles. The Bertz CT molecular complexity index is 1010. The third kappa shape index (κ3) is 4.35. The van der Waals surface area contributed by atoms with Crippen LogP contribution >= 0.6 is 12.4 Å². The molecule has 0 aliphatic heterocycles. The number of aliphatic carboxylic acids is 1. The van der Waals surface area contributed by atoms with Crippen molar-refractivity contribution in [3.05, 3.63) is 69.8 Å². The number of aromatic nitrogens is 3. The molecule has 0 saturated heterocycles. The molecule has 0 saturated carbocycles. The lowest BCUT2D eigenvalue weighted by molar-refractivity contribution is -0.138. The van der Waals surface area contributed by atoms with Crippen LogP contribution in [0.3, 0.4) is 0 Å². The van der Waals surface area contributed by atoms with Gasteiger partial charge in [-0.05, 0) is 25.3 Å². The van der Waals surface area contributed by atoms with Gasteiger partial charge in [0.1, 0.15) is 17.9 Å². The average molecular weight is 391 g/mol. The van der Waals surface area contributed by atoms with E-state index in [1.54, 1.807) is 4.52 Å². The van der Waals surface area contributed by atoms with Gasteiger partial charge in [-0.1, -0.05) is 30.3 Å². The topological polar surface area (TPSA) is 117 Å². The fourth-order valence-corrected chi connectivity index (χ4v) is 2.71.